The van der Waals surface area contributed by atoms with Crippen LogP contribution in [0.1, 0.15) is 37.6 Å². The maximum absolute atomic E-state index is 12.0. The normalized spacial score (nSPS) is 10.3. The molecule has 0 spiro atoms. The molecule has 22 heavy (non-hydrogen) atoms. The monoisotopic (exact) mass is 321 g/mol. The average molecular weight is 321 g/mol. The summed E-state index contributed by atoms with van der Waals surface area (Å²) in [5, 5.41) is 2.65. The van der Waals surface area contributed by atoms with Crippen molar-refractivity contribution in [1.29, 1.82) is 0 Å². The maximum atomic E-state index is 12.0. The van der Waals surface area contributed by atoms with Gasteiger partial charge in [-0.25, -0.2) is 4.79 Å². The minimum Gasteiger partial charge on any atom is -0.469 e. The zero-order chi connectivity index (χ0) is 16.1. The van der Waals surface area contributed by atoms with Gasteiger partial charge in [0.05, 0.1) is 17.7 Å². The predicted octanol–water partition coefficient (Wildman–Crippen LogP) is 2.33. The van der Waals surface area contributed by atoms with Gasteiger partial charge in [-0.1, -0.05) is 0 Å². The number of hydrogen-bond donors (Lipinski definition) is 1. The Morgan fingerprint density at radius 1 is 1.27 bits per heavy atom. The number of nitrogens with one attached hydrogen (secondary N) is 1. The fourth-order valence-corrected chi connectivity index (χ4v) is 2.58. The second kappa shape index (κ2) is 7.04. The van der Waals surface area contributed by atoms with Gasteiger partial charge < -0.3 is 14.5 Å². The third-order valence-electron chi connectivity index (χ3n) is 2.86. The molecule has 0 aliphatic rings. The van der Waals surface area contributed by atoms with E-state index in [4.69, 9.17) is 9.15 Å². The standard InChI is InChI=1S/C15H15NO5S/c1-9-12(5-6-20-9)15(19)21-8-13(18)14-4-3-11(22-14)7-16-10(2)17/h3-6H,7-8H2,1-2H3,(H,16,17). The molecular weight excluding hydrogens is 306 g/mol. The number of aryl methyl sites for hydroxylation is 1. The summed E-state index contributed by atoms with van der Waals surface area (Å²) in [5.74, 6) is -0.556. The van der Waals surface area contributed by atoms with Gasteiger partial charge in [0.2, 0.25) is 11.7 Å². The van der Waals surface area contributed by atoms with Gasteiger partial charge in [-0.3, -0.25) is 9.59 Å². The largest absolute Gasteiger partial charge is 0.469 e. The van der Waals surface area contributed by atoms with Crippen LogP contribution in [0.2, 0.25) is 0 Å². The van der Waals surface area contributed by atoms with Crippen LogP contribution >= 0.6 is 11.3 Å². The number of amides is 1. The summed E-state index contributed by atoms with van der Waals surface area (Å²) in [6, 6.07) is 4.91. The van der Waals surface area contributed by atoms with Crippen LogP contribution < -0.4 is 5.32 Å². The van der Waals surface area contributed by atoms with Crippen molar-refractivity contribution < 1.29 is 23.5 Å². The van der Waals surface area contributed by atoms with Crippen LogP contribution in [-0.2, 0) is 16.1 Å². The van der Waals surface area contributed by atoms with Gasteiger partial charge in [0.25, 0.3) is 0 Å². The van der Waals surface area contributed by atoms with E-state index in [1.807, 2.05) is 0 Å². The molecule has 0 fully saturated rings. The second-order valence-corrected chi connectivity index (χ2v) is 5.73. The minimum absolute atomic E-state index is 0.134. The Labute approximate surface area is 131 Å². The van der Waals surface area contributed by atoms with E-state index in [0.29, 0.717) is 22.7 Å². The van der Waals surface area contributed by atoms with Crippen LogP contribution in [0.4, 0.5) is 0 Å². The van der Waals surface area contributed by atoms with Crippen LogP contribution in [0, 0.1) is 6.92 Å². The molecule has 1 amide bonds. The molecule has 0 saturated carbocycles. The van der Waals surface area contributed by atoms with Crippen LogP contribution in [0.25, 0.3) is 0 Å². The molecule has 2 rings (SSSR count). The van der Waals surface area contributed by atoms with Crippen LogP contribution in [0.3, 0.4) is 0 Å². The first-order valence-corrected chi connectivity index (χ1v) is 7.36. The van der Waals surface area contributed by atoms with Gasteiger partial charge in [-0.15, -0.1) is 11.3 Å². The number of carbonyl (C=O) groups excluding carboxylic acids is 3. The van der Waals surface area contributed by atoms with Gasteiger partial charge >= 0.3 is 5.97 Å². The predicted molar refractivity (Wildman–Crippen MR) is 79.9 cm³/mol. The van der Waals surface area contributed by atoms with E-state index >= 15 is 0 Å². The lowest BCUT2D eigenvalue weighted by molar-refractivity contribution is -0.119. The van der Waals surface area contributed by atoms with Crippen molar-refractivity contribution in [3.05, 3.63) is 45.5 Å². The minimum atomic E-state index is -0.588. The third-order valence-corrected chi connectivity index (χ3v) is 3.99. The van der Waals surface area contributed by atoms with E-state index in [2.05, 4.69) is 5.32 Å². The highest BCUT2D eigenvalue weighted by Crippen LogP contribution is 2.17. The van der Waals surface area contributed by atoms with Crippen molar-refractivity contribution in [2.24, 2.45) is 0 Å². The lowest BCUT2D eigenvalue weighted by Gasteiger charge is -2.02. The van der Waals surface area contributed by atoms with E-state index in [0.717, 1.165) is 4.88 Å². The van der Waals surface area contributed by atoms with Gasteiger partial charge in [0, 0.05) is 11.8 Å². The number of hydrogen-bond acceptors (Lipinski definition) is 6. The number of esters is 1. The number of carbonyl (C=O) groups is 3. The average Bonchev–Trinajstić information content (AvgIpc) is 3.11. The molecule has 1 N–H and O–H groups in total. The van der Waals surface area contributed by atoms with Gasteiger partial charge in [-0.2, -0.15) is 0 Å². The van der Waals surface area contributed by atoms with Crippen molar-refractivity contribution in [1.82, 2.24) is 5.32 Å². The van der Waals surface area contributed by atoms with Gasteiger partial charge in [0.1, 0.15) is 11.3 Å². The molecule has 7 heteroatoms. The molecule has 0 saturated heterocycles. The lowest BCUT2D eigenvalue weighted by Crippen LogP contribution is -2.18. The molecule has 2 aromatic rings. The summed E-state index contributed by atoms with van der Waals surface area (Å²) in [5.41, 5.74) is 0.310. The molecule has 0 bridgehead atoms. The Hall–Kier alpha value is -2.41. The quantitative estimate of drug-likeness (QED) is 0.652. The van der Waals surface area contributed by atoms with Gasteiger partial charge in [0.15, 0.2) is 6.61 Å². The molecule has 0 aliphatic heterocycles. The molecule has 0 radical (unpaired) electrons. The SMILES string of the molecule is CC(=O)NCc1ccc(C(=O)COC(=O)c2ccoc2C)s1. The van der Waals surface area contributed by atoms with Crippen molar-refractivity contribution in [3.8, 4) is 0 Å². The fourth-order valence-electron chi connectivity index (χ4n) is 1.71. The lowest BCUT2D eigenvalue weighted by atomic mass is 10.2. The smallest absolute Gasteiger partial charge is 0.342 e. The number of Topliss-reactive ketones (excluding diaryl/α,β-unsaturated/α-hetero) is 1. The highest BCUT2D eigenvalue weighted by atomic mass is 32.1. The Bertz CT molecular complexity index is 700. The summed E-state index contributed by atoms with van der Waals surface area (Å²) in [6.07, 6.45) is 1.39. The number of thiophene rings is 1. The first-order valence-electron chi connectivity index (χ1n) is 6.55. The van der Waals surface area contributed by atoms with E-state index in [1.165, 1.54) is 30.6 Å². The van der Waals surface area contributed by atoms with Crippen LogP contribution in [0.15, 0.2) is 28.9 Å². The zero-order valence-electron chi connectivity index (χ0n) is 12.2. The van der Waals surface area contributed by atoms with E-state index in [9.17, 15) is 14.4 Å². The molecule has 0 aliphatic carbocycles. The van der Waals surface area contributed by atoms with Crippen molar-refractivity contribution in [2.45, 2.75) is 20.4 Å². The zero-order valence-corrected chi connectivity index (χ0v) is 13.0. The van der Waals surface area contributed by atoms with E-state index in [1.54, 1.807) is 19.1 Å². The van der Waals surface area contributed by atoms with Crippen molar-refractivity contribution in [3.63, 3.8) is 0 Å². The van der Waals surface area contributed by atoms with Crippen LogP contribution in [0.5, 0.6) is 0 Å². The van der Waals surface area contributed by atoms with Gasteiger partial charge in [-0.05, 0) is 25.1 Å². The molecule has 0 atom stereocenters. The Kier molecular flexibility index (Phi) is 5.11. The number of furan rings is 1. The topological polar surface area (TPSA) is 85.6 Å². The van der Waals surface area contributed by atoms with Crippen molar-refractivity contribution >= 4 is 29.0 Å². The molecule has 2 aromatic heterocycles. The summed E-state index contributed by atoms with van der Waals surface area (Å²) in [4.78, 5) is 35.9. The van der Waals surface area contributed by atoms with Crippen LogP contribution in [-0.4, -0.2) is 24.3 Å². The summed E-state index contributed by atoms with van der Waals surface area (Å²) in [6.45, 7) is 3.12. The number of rotatable bonds is 6. The highest BCUT2D eigenvalue weighted by Gasteiger charge is 2.16. The second-order valence-electron chi connectivity index (χ2n) is 4.57. The first kappa shape index (κ1) is 16.0. The molecule has 6 nitrogen and oxygen atoms in total. The number of ketones is 1. The summed E-state index contributed by atoms with van der Waals surface area (Å²) >= 11 is 1.26. The first-order chi connectivity index (χ1) is 10.5. The third kappa shape index (κ3) is 4.05. The van der Waals surface area contributed by atoms with E-state index < -0.39 is 5.97 Å². The highest BCUT2D eigenvalue weighted by molar-refractivity contribution is 7.14. The Morgan fingerprint density at radius 3 is 2.68 bits per heavy atom. The Morgan fingerprint density at radius 2 is 2.05 bits per heavy atom. The number of ether oxygens (including phenoxy) is 1. The van der Waals surface area contributed by atoms with E-state index in [-0.39, 0.29) is 18.3 Å². The molecule has 0 unspecified atom stereocenters. The molecule has 0 aromatic carbocycles. The summed E-state index contributed by atoms with van der Waals surface area (Å²) < 4.78 is 9.99. The summed E-state index contributed by atoms with van der Waals surface area (Å²) in [7, 11) is 0. The maximum Gasteiger partial charge on any atom is 0.342 e. The van der Waals surface area contributed by atoms with Crippen molar-refractivity contribution in [2.75, 3.05) is 6.61 Å². The molecular formula is C15H15NO5S. The molecule has 116 valence electrons. The molecule has 2 heterocycles. The Balaban J connectivity index is 1.88. The fraction of sp³-hybridized carbons (Fsp3) is 0.267.